The second kappa shape index (κ2) is 6.16. The lowest BCUT2D eigenvalue weighted by Gasteiger charge is -2.36. The number of piperidine rings is 1. The van der Waals surface area contributed by atoms with Gasteiger partial charge in [-0.15, -0.1) is 0 Å². The molecule has 1 amide bonds. The van der Waals surface area contributed by atoms with Crippen molar-refractivity contribution < 1.29 is 4.79 Å². The van der Waals surface area contributed by atoms with Crippen LogP contribution in [0.3, 0.4) is 0 Å². The minimum absolute atomic E-state index is 0.204. The number of hydrogen-bond donors (Lipinski definition) is 1. The predicted molar refractivity (Wildman–Crippen MR) is 85.3 cm³/mol. The molecule has 3 rings (SSSR count). The summed E-state index contributed by atoms with van der Waals surface area (Å²) in [5.74, 6) is 0.790. The average Bonchev–Trinajstić information content (AvgIpc) is 2.45. The summed E-state index contributed by atoms with van der Waals surface area (Å²) in [6, 6.07) is 8.47. The molecule has 2 aliphatic rings. The van der Waals surface area contributed by atoms with Crippen LogP contribution in [0, 0.1) is 5.92 Å². The van der Waals surface area contributed by atoms with E-state index in [0.717, 1.165) is 44.6 Å². The summed E-state index contributed by atoms with van der Waals surface area (Å²) in [5.41, 5.74) is 8.47. The van der Waals surface area contributed by atoms with Gasteiger partial charge in [-0.2, -0.15) is 0 Å². The molecule has 0 bridgehead atoms. The van der Waals surface area contributed by atoms with E-state index < -0.39 is 0 Å². The Balaban J connectivity index is 1.69. The summed E-state index contributed by atoms with van der Waals surface area (Å²) < 4.78 is 0. The van der Waals surface area contributed by atoms with Gasteiger partial charge in [-0.3, -0.25) is 9.69 Å². The number of para-hydroxylation sites is 1. The summed E-state index contributed by atoms with van der Waals surface area (Å²) in [5, 5.41) is 0. The molecule has 2 aliphatic heterocycles. The molecule has 1 fully saturated rings. The van der Waals surface area contributed by atoms with Crippen molar-refractivity contribution in [2.24, 2.45) is 11.7 Å². The number of anilines is 1. The number of carbonyl (C=O) groups is 1. The third kappa shape index (κ3) is 3.27. The molecule has 4 nitrogen and oxygen atoms in total. The fraction of sp³-hybridized carbons (Fsp3) is 0.588. The summed E-state index contributed by atoms with van der Waals surface area (Å²) >= 11 is 0. The molecule has 1 saturated heterocycles. The van der Waals surface area contributed by atoms with Crippen LogP contribution in [0.4, 0.5) is 5.69 Å². The number of fused-ring (bicyclic) bond motifs is 1. The number of rotatable bonds is 2. The molecule has 2 atom stereocenters. The number of hydrogen-bond acceptors (Lipinski definition) is 3. The molecule has 1 aromatic rings. The van der Waals surface area contributed by atoms with Crippen LogP contribution in [0.15, 0.2) is 24.3 Å². The van der Waals surface area contributed by atoms with E-state index in [9.17, 15) is 4.79 Å². The number of aryl methyl sites for hydroxylation is 1. The van der Waals surface area contributed by atoms with Crippen LogP contribution in [-0.4, -0.2) is 43.0 Å². The van der Waals surface area contributed by atoms with Gasteiger partial charge in [0.1, 0.15) is 0 Å². The lowest BCUT2D eigenvalue weighted by atomic mass is 9.96. The highest BCUT2D eigenvalue weighted by Crippen LogP contribution is 2.27. The Kier molecular flexibility index (Phi) is 4.27. The lowest BCUT2D eigenvalue weighted by Crippen LogP contribution is -2.50. The van der Waals surface area contributed by atoms with E-state index in [1.54, 1.807) is 0 Å². The zero-order chi connectivity index (χ0) is 14.8. The number of nitrogens with two attached hydrogens (primary N) is 1. The fourth-order valence-corrected chi connectivity index (χ4v) is 3.71. The highest BCUT2D eigenvalue weighted by molar-refractivity contribution is 5.95. The van der Waals surface area contributed by atoms with Crippen molar-refractivity contribution in [2.45, 2.75) is 32.2 Å². The maximum atomic E-state index is 12.7. The molecular formula is C17H25N3O. The summed E-state index contributed by atoms with van der Waals surface area (Å²) in [7, 11) is 0. The molecule has 2 heterocycles. The molecule has 0 spiro atoms. The minimum Gasteiger partial charge on any atom is -0.327 e. The van der Waals surface area contributed by atoms with E-state index in [2.05, 4.69) is 30.0 Å². The first kappa shape index (κ1) is 14.5. The third-order valence-electron chi connectivity index (χ3n) is 4.54. The third-order valence-corrected chi connectivity index (χ3v) is 4.54. The summed E-state index contributed by atoms with van der Waals surface area (Å²) in [6.07, 6.45) is 3.20. The Labute approximate surface area is 126 Å². The van der Waals surface area contributed by atoms with Gasteiger partial charge in [0.2, 0.25) is 5.91 Å². The topological polar surface area (TPSA) is 49.6 Å². The first-order valence-corrected chi connectivity index (χ1v) is 7.99. The van der Waals surface area contributed by atoms with Crippen molar-refractivity contribution in [1.29, 1.82) is 0 Å². The smallest absolute Gasteiger partial charge is 0.241 e. The van der Waals surface area contributed by atoms with Gasteiger partial charge in [0.25, 0.3) is 0 Å². The van der Waals surface area contributed by atoms with Crippen LogP contribution in [0.25, 0.3) is 0 Å². The van der Waals surface area contributed by atoms with Crippen LogP contribution in [-0.2, 0) is 11.2 Å². The quantitative estimate of drug-likeness (QED) is 0.899. The fourth-order valence-electron chi connectivity index (χ4n) is 3.71. The lowest BCUT2D eigenvalue weighted by molar-refractivity contribution is -0.120. The molecule has 2 unspecified atom stereocenters. The Morgan fingerprint density at radius 2 is 2.14 bits per heavy atom. The first-order valence-electron chi connectivity index (χ1n) is 7.99. The van der Waals surface area contributed by atoms with Gasteiger partial charge in [0.15, 0.2) is 0 Å². The van der Waals surface area contributed by atoms with Gasteiger partial charge in [-0.05, 0) is 36.8 Å². The van der Waals surface area contributed by atoms with Gasteiger partial charge >= 0.3 is 0 Å². The van der Waals surface area contributed by atoms with Crippen LogP contribution < -0.4 is 10.6 Å². The first-order chi connectivity index (χ1) is 10.1. The van der Waals surface area contributed by atoms with Crippen molar-refractivity contribution in [3.63, 3.8) is 0 Å². The molecular weight excluding hydrogens is 262 g/mol. The van der Waals surface area contributed by atoms with E-state index in [1.165, 1.54) is 5.56 Å². The summed E-state index contributed by atoms with van der Waals surface area (Å²) in [4.78, 5) is 16.9. The predicted octanol–water partition coefficient (Wildman–Crippen LogP) is 1.63. The number of nitrogens with zero attached hydrogens (tertiary/aromatic N) is 2. The highest BCUT2D eigenvalue weighted by atomic mass is 16.2. The average molecular weight is 287 g/mol. The van der Waals surface area contributed by atoms with Gasteiger partial charge in [-0.25, -0.2) is 0 Å². The molecule has 21 heavy (non-hydrogen) atoms. The van der Waals surface area contributed by atoms with E-state index in [1.807, 2.05) is 11.0 Å². The Hall–Kier alpha value is -1.39. The number of carbonyl (C=O) groups excluding carboxylic acids is 1. The molecule has 0 aromatic heterocycles. The zero-order valence-corrected chi connectivity index (χ0v) is 12.8. The van der Waals surface area contributed by atoms with Crippen molar-refractivity contribution in [3.8, 4) is 0 Å². The van der Waals surface area contributed by atoms with Crippen LogP contribution in [0.2, 0.25) is 0 Å². The molecule has 0 radical (unpaired) electrons. The molecule has 0 saturated carbocycles. The number of benzene rings is 1. The number of likely N-dealkylation sites (tertiary alicyclic amines) is 1. The Morgan fingerprint density at radius 1 is 1.33 bits per heavy atom. The maximum Gasteiger partial charge on any atom is 0.241 e. The normalized spacial score (nSPS) is 26.5. The molecule has 1 aromatic carbocycles. The molecule has 0 aliphatic carbocycles. The van der Waals surface area contributed by atoms with Gasteiger partial charge < -0.3 is 10.6 Å². The van der Waals surface area contributed by atoms with Crippen LogP contribution in [0.1, 0.15) is 25.3 Å². The second-order valence-electron chi connectivity index (χ2n) is 6.57. The van der Waals surface area contributed by atoms with E-state index >= 15 is 0 Å². The van der Waals surface area contributed by atoms with E-state index in [0.29, 0.717) is 12.5 Å². The Bertz CT molecular complexity index is 507. The molecule has 114 valence electrons. The van der Waals surface area contributed by atoms with Crippen molar-refractivity contribution >= 4 is 11.6 Å². The zero-order valence-electron chi connectivity index (χ0n) is 12.8. The second-order valence-corrected chi connectivity index (χ2v) is 6.57. The van der Waals surface area contributed by atoms with Gasteiger partial charge in [-0.1, -0.05) is 25.1 Å². The monoisotopic (exact) mass is 287 g/mol. The van der Waals surface area contributed by atoms with Crippen molar-refractivity contribution in [2.75, 3.05) is 31.1 Å². The number of amides is 1. The highest BCUT2D eigenvalue weighted by Gasteiger charge is 2.27. The van der Waals surface area contributed by atoms with Gasteiger partial charge in [0.05, 0.1) is 6.54 Å². The Morgan fingerprint density at radius 3 is 2.95 bits per heavy atom. The standard InChI is InChI=1S/C17H25N3O/c1-13-9-15(18)11-19(10-13)12-17(21)20-8-4-6-14-5-2-3-7-16(14)20/h2-3,5,7,13,15H,4,6,8-12,18H2,1H3. The largest absolute Gasteiger partial charge is 0.327 e. The van der Waals surface area contributed by atoms with E-state index in [-0.39, 0.29) is 11.9 Å². The van der Waals surface area contributed by atoms with Crippen LogP contribution >= 0.6 is 0 Å². The van der Waals surface area contributed by atoms with E-state index in [4.69, 9.17) is 5.73 Å². The molecule has 4 heteroatoms. The molecule has 2 N–H and O–H groups in total. The minimum atomic E-state index is 0.204. The van der Waals surface area contributed by atoms with Crippen LogP contribution in [0.5, 0.6) is 0 Å². The van der Waals surface area contributed by atoms with Crippen molar-refractivity contribution in [1.82, 2.24) is 4.90 Å². The summed E-state index contributed by atoms with van der Waals surface area (Å²) in [6.45, 7) is 5.37. The maximum absolute atomic E-state index is 12.7. The van der Waals surface area contributed by atoms with Gasteiger partial charge in [0, 0.05) is 31.4 Å². The SMILES string of the molecule is CC1CC(N)CN(CC(=O)N2CCCc3ccccc32)C1. The van der Waals surface area contributed by atoms with Crippen molar-refractivity contribution in [3.05, 3.63) is 29.8 Å².